The van der Waals surface area contributed by atoms with Crippen molar-refractivity contribution in [1.82, 2.24) is 20.1 Å². The quantitative estimate of drug-likeness (QED) is 0.706. The number of carbonyl (C=O) groups is 1. The van der Waals surface area contributed by atoms with Crippen LogP contribution in [0.15, 0.2) is 29.3 Å². The van der Waals surface area contributed by atoms with E-state index in [0.29, 0.717) is 10.8 Å². The van der Waals surface area contributed by atoms with Crippen LogP contribution in [0.5, 0.6) is 0 Å². The van der Waals surface area contributed by atoms with E-state index in [4.69, 9.17) is 16.6 Å². The van der Waals surface area contributed by atoms with Gasteiger partial charge in [0.05, 0.1) is 12.1 Å². The molecule has 0 saturated heterocycles. The zero-order chi connectivity index (χ0) is 20.0. The lowest BCUT2D eigenvalue weighted by atomic mass is 9.99. The Hall–Kier alpha value is -2.51. The van der Waals surface area contributed by atoms with E-state index in [-0.39, 0.29) is 12.3 Å². The van der Waals surface area contributed by atoms with Gasteiger partial charge in [0.15, 0.2) is 5.82 Å². The number of fused-ring (bicyclic) bond motifs is 3. The molecule has 8 heteroatoms. The summed E-state index contributed by atoms with van der Waals surface area (Å²) in [6.45, 7) is 6.14. The fourth-order valence-electron chi connectivity index (χ4n) is 3.41. The number of hydrogen-bond donors (Lipinski definition) is 1. The normalized spacial score (nSPS) is 15.5. The largest absolute Gasteiger partial charge is 0.359 e. The maximum atomic E-state index is 12.2. The molecule has 0 aliphatic carbocycles. The first kappa shape index (κ1) is 18.8. The van der Waals surface area contributed by atoms with Crippen LogP contribution in [0.2, 0.25) is 5.02 Å². The summed E-state index contributed by atoms with van der Waals surface area (Å²) in [5.41, 5.74) is 4.05. The molecule has 0 fully saturated rings. The zero-order valence-corrected chi connectivity index (χ0v) is 17.6. The maximum Gasteiger partial charge on any atom is 0.222 e. The number of aliphatic imine (C=N–C) groups is 1. The van der Waals surface area contributed by atoms with E-state index in [0.717, 1.165) is 27.7 Å². The van der Waals surface area contributed by atoms with E-state index >= 15 is 0 Å². The lowest BCUT2D eigenvalue weighted by molar-refractivity contribution is -0.121. The Kier molecular flexibility index (Phi) is 4.81. The lowest BCUT2D eigenvalue weighted by Crippen LogP contribution is -2.21. The first-order valence-corrected chi connectivity index (χ1v) is 10.2. The molecule has 0 bridgehead atoms. The molecule has 0 spiro atoms. The molecule has 28 heavy (non-hydrogen) atoms. The van der Waals surface area contributed by atoms with Crippen molar-refractivity contribution < 1.29 is 4.79 Å². The summed E-state index contributed by atoms with van der Waals surface area (Å²) < 4.78 is 2.04. The van der Waals surface area contributed by atoms with Crippen molar-refractivity contribution in [2.45, 2.75) is 33.2 Å². The van der Waals surface area contributed by atoms with Gasteiger partial charge in [-0.1, -0.05) is 23.7 Å². The molecule has 3 heterocycles. The first-order valence-electron chi connectivity index (χ1n) is 8.97. The van der Waals surface area contributed by atoms with Crippen molar-refractivity contribution >= 4 is 34.6 Å². The third-order valence-electron chi connectivity index (χ3n) is 5.01. The number of thiophene rings is 1. The van der Waals surface area contributed by atoms with Gasteiger partial charge in [-0.3, -0.25) is 14.4 Å². The molecule has 1 atom stereocenters. The second-order valence-electron chi connectivity index (χ2n) is 6.78. The van der Waals surface area contributed by atoms with Gasteiger partial charge in [0, 0.05) is 28.1 Å². The fourth-order valence-corrected chi connectivity index (χ4v) is 4.75. The number of halogens is 1. The summed E-state index contributed by atoms with van der Waals surface area (Å²) in [6.07, 6.45) is 0.207. The number of aryl methyl sites for hydroxylation is 2. The van der Waals surface area contributed by atoms with Crippen LogP contribution in [-0.4, -0.2) is 33.4 Å². The minimum absolute atomic E-state index is 0.0884. The number of benzene rings is 1. The molecule has 6 nitrogen and oxygen atoms in total. The summed E-state index contributed by atoms with van der Waals surface area (Å²) in [4.78, 5) is 18.4. The van der Waals surface area contributed by atoms with Crippen molar-refractivity contribution in [3.05, 3.63) is 62.5 Å². The van der Waals surface area contributed by atoms with Gasteiger partial charge in [-0.25, -0.2) is 0 Å². The highest BCUT2D eigenvalue weighted by molar-refractivity contribution is 7.15. The second-order valence-corrected chi connectivity index (χ2v) is 8.42. The van der Waals surface area contributed by atoms with Gasteiger partial charge in [0.1, 0.15) is 16.9 Å². The topological polar surface area (TPSA) is 72.2 Å². The minimum atomic E-state index is -0.425. The first-order chi connectivity index (χ1) is 13.4. The van der Waals surface area contributed by atoms with E-state index in [1.54, 1.807) is 18.4 Å². The minimum Gasteiger partial charge on any atom is -0.359 e. The molecule has 1 aliphatic heterocycles. The molecule has 1 N–H and O–H groups in total. The maximum absolute atomic E-state index is 12.2. The molecule has 0 saturated carbocycles. The summed E-state index contributed by atoms with van der Waals surface area (Å²) >= 11 is 7.79. The van der Waals surface area contributed by atoms with Gasteiger partial charge in [0.2, 0.25) is 5.91 Å². The van der Waals surface area contributed by atoms with Crippen LogP contribution in [0.3, 0.4) is 0 Å². The number of amides is 1. The van der Waals surface area contributed by atoms with Crippen LogP contribution in [0.25, 0.3) is 5.00 Å². The molecule has 4 rings (SSSR count). The smallest absolute Gasteiger partial charge is 0.222 e. The number of nitrogens with zero attached hydrogens (tertiary/aromatic N) is 4. The van der Waals surface area contributed by atoms with Crippen LogP contribution in [0.4, 0.5) is 0 Å². The summed E-state index contributed by atoms with van der Waals surface area (Å²) in [5.74, 6) is 1.38. The molecular weight excluding hydrogens is 394 g/mol. The highest BCUT2D eigenvalue weighted by atomic mass is 35.5. The monoisotopic (exact) mass is 413 g/mol. The van der Waals surface area contributed by atoms with Crippen molar-refractivity contribution in [2.75, 3.05) is 7.05 Å². The van der Waals surface area contributed by atoms with Gasteiger partial charge in [-0.2, -0.15) is 0 Å². The number of rotatable bonds is 3. The standard InChI is InChI=1S/C20H20ClN5OS/c1-10-11(2)28-20-17(10)18(13-5-7-14(21)8-6-13)23-15(9-16(27)22-4)19-25-24-12(3)26(19)20/h5-8,15H,9H2,1-4H3,(H,22,27). The molecule has 2 aromatic heterocycles. The highest BCUT2D eigenvalue weighted by Gasteiger charge is 2.32. The van der Waals surface area contributed by atoms with Crippen molar-refractivity contribution in [3.63, 3.8) is 0 Å². The van der Waals surface area contributed by atoms with Crippen molar-refractivity contribution in [3.8, 4) is 5.00 Å². The summed E-state index contributed by atoms with van der Waals surface area (Å²) in [5, 5.41) is 13.1. The van der Waals surface area contributed by atoms with Crippen molar-refractivity contribution in [2.24, 2.45) is 4.99 Å². The Bertz CT molecular complexity index is 1100. The Balaban J connectivity index is 2.01. The van der Waals surface area contributed by atoms with E-state index in [9.17, 15) is 4.79 Å². The van der Waals surface area contributed by atoms with Gasteiger partial charge in [-0.15, -0.1) is 21.5 Å². The number of carbonyl (C=O) groups excluding carboxylic acids is 1. The molecule has 1 aromatic carbocycles. The predicted molar refractivity (Wildman–Crippen MR) is 112 cm³/mol. The number of hydrogen-bond acceptors (Lipinski definition) is 5. The average Bonchev–Trinajstić information content (AvgIpc) is 3.15. The third-order valence-corrected chi connectivity index (χ3v) is 6.46. The van der Waals surface area contributed by atoms with Gasteiger partial charge in [0.25, 0.3) is 0 Å². The number of nitrogens with one attached hydrogen (secondary N) is 1. The van der Waals surface area contributed by atoms with Crippen LogP contribution in [0, 0.1) is 20.8 Å². The Morgan fingerprint density at radius 2 is 1.93 bits per heavy atom. The van der Waals surface area contributed by atoms with Crippen LogP contribution >= 0.6 is 22.9 Å². The third kappa shape index (κ3) is 3.04. The fraction of sp³-hybridized carbons (Fsp3) is 0.300. The van der Waals surface area contributed by atoms with E-state index in [2.05, 4.69) is 29.4 Å². The predicted octanol–water partition coefficient (Wildman–Crippen LogP) is 3.94. The molecule has 3 aromatic rings. The molecule has 1 aliphatic rings. The molecule has 144 valence electrons. The summed E-state index contributed by atoms with van der Waals surface area (Å²) in [6, 6.07) is 7.22. The van der Waals surface area contributed by atoms with Gasteiger partial charge < -0.3 is 5.32 Å². The molecular formula is C20H20ClN5OS. The SMILES string of the molecule is CNC(=O)CC1N=C(c2ccc(Cl)cc2)c2c(sc(C)c2C)-n2c(C)nnc21. The summed E-state index contributed by atoms with van der Waals surface area (Å²) in [7, 11) is 1.63. The highest BCUT2D eigenvalue weighted by Crippen LogP contribution is 2.39. The van der Waals surface area contributed by atoms with E-state index in [1.807, 2.05) is 35.8 Å². The second kappa shape index (κ2) is 7.14. The molecule has 1 unspecified atom stereocenters. The van der Waals surface area contributed by atoms with Crippen LogP contribution in [-0.2, 0) is 4.79 Å². The Morgan fingerprint density at radius 3 is 2.61 bits per heavy atom. The lowest BCUT2D eigenvalue weighted by Gasteiger charge is -2.12. The van der Waals surface area contributed by atoms with Gasteiger partial charge >= 0.3 is 0 Å². The van der Waals surface area contributed by atoms with Crippen molar-refractivity contribution in [1.29, 1.82) is 0 Å². The van der Waals surface area contributed by atoms with Crippen LogP contribution in [0.1, 0.15) is 45.7 Å². The molecule has 0 radical (unpaired) electrons. The Labute approximate surface area is 172 Å². The number of aromatic nitrogens is 3. The van der Waals surface area contributed by atoms with Gasteiger partial charge in [-0.05, 0) is 38.5 Å². The average molecular weight is 414 g/mol. The Morgan fingerprint density at radius 1 is 1.21 bits per heavy atom. The zero-order valence-electron chi connectivity index (χ0n) is 16.1. The van der Waals surface area contributed by atoms with E-state index in [1.165, 1.54) is 10.4 Å². The van der Waals surface area contributed by atoms with Crippen LogP contribution < -0.4 is 5.32 Å². The van der Waals surface area contributed by atoms with E-state index < -0.39 is 6.04 Å². The molecule has 1 amide bonds.